The molecule has 3 heteroatoms. The summed E-state index contributed by atoms with van der Waals surface area (Å²) in [5.41, 5.74) is 0.0617. The molecule has 1 aromatic carbocycles. The normalized spacial score (nSPS) is 15.8. The molecule has 1 nitrogen and oxygen atoms in total. The maximum absolute atomic E-state index is 13.2. The number of hydrogen-bond donors (Lipinski definition) is 0. The molecule has 0 N–H and O–H groups in total. The third-order valence-electron chi connectivity index (χ3n) is 2.16. The topological polar surface area (TPSA) is 17.1 Å². The minimum atomic E-state index is -0.510. The molecule has 68 valence electrons. The van der Waals surface area contributed by atoms with E-state index in [0.717, 1.165) is 12.8 Å². The van der Waals surface area contributed by atoms with E-state index in [9.17, 15) is 9.18 Å². The first-order valence-corrected chi connectivity index (χ1v) is 4.56. The summed E-state index contributed by atoms with van der Waals surface area (Å²) in [6.07, 6.45) is 1.73. The third-order valence-corrected chi connectivity index (χ3v) is 2.47. The minimum absolute atomic E-state index is 0.00870. The van der Waals surface area contributed by atoms with Crippen LogP contribution in [0, 0.1) is 11.7 Å². The molecule has 1 fully saturated rings. The van der Waals surface area contributed by atoms with Crippen molar-refractivity contribution in [3.05, 3.63) is 34.6 Å². The van der Waals surface area contributed by atoms with Crippen LogP contribution in [-0.4, -0.2) is 5.78 Å². The van der Waals surface area contributed by atoms with Crippen LogP contribution in [-0.2, 0) is 0 Å². The molecule has 1 saturated carbocycles. The lowest BCUT2D eigenvalue weighted by atomic mass is 10.1. The number of halogens is 2. The zero-order chi connectivity index (χ0) is 9.42. The molecule has 1 aliphatic carbocycles. The predicted molar refractivity (Wildman–Crippen MR) is 48.5 cm³/mol. The van der Waals surface area contributed by atoms with Gasteiger partial charge in [0.2, 0.25) is 0 Å². The number of hydrogen-bond acceptors (Lipinski definition) is 1. The van der Waals surface area contributed by atoms with Gasteiger partial charge in [-0.05, 0) is 25.0 Å². The van der Waals surface area contributed by atoms with E-state index < -0.39 is 5.82 Å². The van der Waals surface area contributed by atoms with Crippen LogP contribution in [0.2, 0.25) is 5.02 Å². The highest BCUT2D eigenvalue weighted by Gasteiger charge is 2.33. The summed E-state index contributed by atoms with van der Waals surface area (Å²) in [7, 11) is 0. The summed E-state index contributed by atoms with van der Waals surface area (Å²) in [6.45, 7) is 0. The van der Waals surface area contributed by atoms with Crippen molar-refractivity contribution in [1.82, 2.24) is 0 Å². The Kier molecular flexibility index (Phi) is 2.08. The van der Waals surface area contributed by atoms with Gasteiger partial charge in [0.25, 0.3) is 0 Å². The molecule has 0 heterocycles. The molecular formula is C10H8ClFO. The smallest absolute Gasteiger partial charge is 0.170 e. The molecule has 0 aromatic heterocycles. The van der Waals surface area contributed by atoms with Gasteiger partial charge in [-0.2, -0.15) is 0 Å². The summed E-state index contributed by atoms with van der Waals surface area (Å²) in [4.78, 5) is 11.5. The van der Waals surface area contributed by atoms with Gasteiger partial charge in [0, 0.05) is 5.92 Å². The molecule has 0 spiro atoms. The third kappa shape index (κ3) is 1.59. The largest absolute Gasteiger partial charge is 0.294 e. The Hall–Kier alpha value is -0.890. The molecule has 0 unspecified atom stereocenters. The zero-order valence-electron chi connectivity index (χ0n) is 6.89. The lowest BCUT2D eigenvalue weighted by Gasteiger charge is -2.02. The van der Waals surface area contributed by atoms with Crippen molar-refractivity contribution in [3.8, 4) is 0 Å². The lowest BCUT2D eigenvalue weighted by molar-refractivity contribution is 0.0964. The predicted octanol–water partition coefficient (Wildman–Crippen LogP) is 3.07. The molecular weight excluding hydrogens is 191 g/mol. The van der Waals surface area contributed by atoms with Crippen molar-refractivity contribution in [2.24, 2.45) is 5.92 Å². The molecule has 0 saturated heterocycles. The second kappa shape index (κ2) is 3.11. The number of rotatable bonds is 2. The van der Waals surface area contributed by atoms with Gasteiger partial charge in [0.15, 0.2) is 5.78 Å². The van der Waals surface area contributed by atoms with Gasteiger partial charge in [-0.15, -0.1) is 0 Å². The second-order valence-electron chi connectivity index (χ2n) is 3.24. The van der Waals surface area contributed by atoms with Crippen molar-refractivity contribution in [1.29, 1.82) is 0 Å². The van der Waals surface area contributed by atoms with Crippen LogP contribution in [0.25, 0.3) is 0 Å². The maximum Gasteiger partial charge on any atom is 0.170 e. The van der Waals surface area contributed by atoms with Crippen LogP contribution in [0.15, 0.2) is 18.2 Å². The fourth-order valence-electron chi connectivity index (χ4n) is 1.28. The molecule has 1 aliphatic rings. The molecule has 13 heavy (non-hydrogen) atoms. The highest BCUT2D eigenvalue weighted by atomic mass is 35.5. The molecule has 0 atom stereocenters. The first-order valence-electron chi connectivity index (χ1n) is 4.18. The number of ketones is 1. The molecule has 0 amide bonds. The Morgan fingerprint density at radius 2 is 2.15 bits per heavy atom. The standard InChI is InChI=1S/C10H8ClFO/c11-7-2-1-3-8(12)9(7)10(13)6-4-5-6/h1-3,6H,4-5H2. The molecule has 0 radical (unpaired) electrons. The van der Waals surface area contributed by atoms with Crippen LogP contribution >= 0.6 is 11.6 Å². The van der Waals surface area contributed by atoms with E-state index in [0.29, 0.717) is 0 Å². The summed E-state index contributed by atoms with van der Waals surface area (Å²) in [6, 6.07) is 4.31. The quantitative estimate of drug-likeness (QED) is 0.668. The molecule has 1 aromatic rings. The van der Waals surface area contributed by atoms with Gasteiger partial charge in [0.1, 0.15) is 5.82 Å². The van der Waals surface area contributed by atoms with Crippen molar-refractivity contribution in [2.75, 3.05) is 0 Å². The van der Waals surface area contributed by atoms with Crippen molar-refractivity contribution in [2.45, 2.75) is 12.8 Å². The summed E-state index contributed by atoms with van der Waals surface area (Å²) in [5, 5.41) is 0.219. The van der Waals surface area contributed by atoms with Crippen LogP contribution in [0.4, 0.5) is 4.39 Å². The highest BCUT2D eigenvalue weighted by molar-refractivity contribution is 6.34. The molecule has 2 rings (SSSR count). The van der Waals surface area contributed by atoms with Crippen LogP contribution < -0.4 is 0 Å². The van der Waals surface area contributed by atoms with Crippen LogP contribution in [0.1, 0.15) is 23.2 Å². The first kappa shape index (κ1) is 8.70. The van der Waals surface area contributed by atoms with E-state index >= 15 is 0 Å². The summed E-state index contributed by atoms with van der Waals surface area (Å²) in [5.74, 6) is -0.651. The minimum Gasteiger partial charge on any atom is -0.294 e. The van der Waals surface area contributed by atoms with E-state index in [4.69, 9.17) is 11.6 Å². The summed E-state index contributed by atoms with van der Waals surface area (Å²) >= 11 is 5.74. The van der Waals surface area contributed by atoms with Crippen molar-refractivity contribution < 1.29 is 9.18 Å². The van der Waals surface area contributed by atoms with Gasteiger partial charge >= 0.3 is 0 Å². The van der Waals surface area contributed by atoms with Crippen molar-refractivity contribution in [3.63, 3.8) is 0 Å². The highest BCUT2D eigenvalue weighted by Crippen LogP contribution is 2.35. The number of Topliss-reactive ketones (excluding diaryl/α,β-unsaturated/α-hetero) is 1. The van der Waals surface area contributed by atoms with E-state index in [1.807, 2.05) is 0 Å². The Bertz CT molecular complexity index is 338. The number of carbonyl (C=O) groups excluding carboxylic acids is 1. The summed E-state index contributed by atoms with van der Waals surface area (Å²) < 4.78 is 13.2. The first-order chi connectivity index (χ1) is 6.20. The van der Waals surface area contributed by atoms with Gasteiger partial charge < -0.3 is 0 Å². The van der Waals surface area contributed by atoms with Crippen molar-refractivity contribution >= 4 is 17.4 Å². The van der Waals surface area contributed by atoms with E-state index in [2.05, 4.69) is 0 Å². The van der Waals surface area contributed by atoms with Gasteiger partial charge in [-0.25, -0.2) is 4.39 Å². The maximum atomic E-state index is 13.2. The number of benzene rings is 1. The van der Waals surface area contributed by atoms with Gasteiger partial charge in [-0.3, -0.25) is 4.79 Å². The average Bonchev–Trinajstić information content (AvgIpc) is 2.85. The Morgan fingerprint density at radius 1 is 1.46 bits per heavy atom. The fraction of sp³-hybridized carbons (Fsp3) is 0.300. The Balaban J connectivity index is 2.42. The second-order valence-corrected chi connectivity index (χ2v) is 3.64. The van der Waals surface area contributed by atoms with E-state index in [1.165, 1.54) is 12.1 Å². The van der Waals surface area contributed by atoms with Gasteiger partial charge in [0.05, 0.1) is 10.6 Å². The Morgan fingerprint density at radius 3 is 2.69 bits per heavy atom. The monoisotopic (exact) mass is 198 g/mol. The van der Waals surface area contributed by atoms with Gasteiger partial charge in [-0.1, -0.05) is 17.7 Å². The molecule has 0 bridgehead atoms. The molecule has 0 aliphatic heterocycles. The Labute approximate surface area is 80.5 Å². The average molecular weight is 199 g/mol. The lowest BCUT2D eigenvalue weighted by Crippen LogP contribution is -2.05. The van der Waals surface area contributed by atoms with E-state index in [-0.39, 0.29) is 22.3 Å². The van der Waals surface area contributed by atoms with Crippen LogP contribution in [0.3, 0.4) is 0 Å². The number of carbonyl (C=O) groups is 1. The zero-order valence-corrected chi connectivity index (χ0v) is 7.64. The van der Waals surface area contributed by atoms with Crippen LogP contribution in [0.5, 0.6) is 0 Å². The van der Waals surface area contributed by atoms with E-state index in [1.54, 1.807) is 6.07 Å². The SMILES string of the molecule is O=C(c1c(F)cccc1Cl)C1CC1. The fourth-order valence-corrected chi connectivity index (χ4v) is 1.54.